The molecule has 4 nitrogen and oxygen atoms in total. The zero-order valence-corrected chi connectivity index (χ0v) is 12.1. The summed E-state index contributed by atoms with van der Waals surface area (Å²) in [4.78, 5) is 0. The molecule has 2 rings (SSSR count). The van der Waals surface area contributed by atoms with Crippen molar-refractivity contribution in [3.63, 3.8) is 0 Å². The van der Waals surface area contributed by atoms with Crippen LogP contribution in [0.2, 0.25) is 0 Å². The Morgan fingerprint density at radius 3 is 2.79 bits per heavy atom. The van der Waals surface area contributed by atoms with Gasteiger partial charge in [-0.3, -0.25) is 4.21 Å². The van der Waals surface area contributed by atoms with Crippen molar-refractivity contribution in [1.29, 1.82) is 0 Å². The molecule has 1 heterocycles. The molecule has 5 heteroatoms. The SMILES string of the molecule is COc1ccc(CS(=O)C2CCOCC2)cc1CN. The Bertz CT molecular complexity index is 444. The van der Waals surface area contributed by atoms with Crippen LogP contribution in [0.25, 0.3) is 0 Å². The number of methoxy groups -OCH3 is 1. The Balaban J connectivity index is 2.03. The van der Waals surface area contributed by atoms with Crippen LogP contribution in [0.15, 0.2) is 18.2 Å². The summed E-state index contributed by atoms with van der Waals surface area (Å²) in [5.41, 5.74) is 7.72. The molecule has 2 N–H and O–H groups in total. The third kappa shape index (κ3) is 3.78. The molecule has 106 valence electrons. The molecule has 0 radical (unpaired) electrons. The highest BCUT2D eigenvalue weighted by molar-refractivity contribution is 7.84. The van der Waals surface area contributed by atoms with E-state index in [1.165, 1.54) is 0 Å². The van der Waals surface area contributed by atoms with E-state index in [1.807, 2.05) is 18.2 Å². The van der Waals surface area contributed by atoms with Crippen molar-refractivity contribution in [3.8, 4) is 5.75 Å². The summed E-state index contributed by atoms with van der Waals surface area (Å²) in [6.45, 7) is 1.89. The first kappa shape index (κ1) is 14.5. The van der Waals surface area contributed by atoms with E-state index in [-0.39, 0.29) is 5.25 Å². The number of hydrogen-bond acceptors (Lipinski definition) is 4. The number of nitrogens with two attached hydrogens (primary N) is 1. The maximum Gasteiger partial charge on any atom is 0.123 e. The van der Waals surface area contributed by atoms with Gasteiger partial charge in [-0.1, -0.05) is 6.07 Å². The minimum absolute atomic E-state index is 0.261. The molecule has 1 aromatic rings. The first-order valence-corrected chi connectivity index (χ1v) is 7.93. The normalized spacial score (nSPS) is 18.2. The molecular formula is C14H21NO3S. The lowest BCUT2D eigenvalue weighted by Gasteiger charge is -2.21. The van der Waals surface area contributed by atoms with Crippen molar-refractivity contribution in [1.82, 2.24) is 0 Å². The van der Waals surface area contributed by atoms with Crippen molar-refractivity contribution in [2.45, 2.75) is 30.4 Å². The molecule has 1 aromatic carbocycles. The van der Waals surface area contributed by atoms with Gasteiger partial charge in [0, 0.05) is 47.1 Å². The topological polar surface area (TPSA) is 61.5 Å². The summed E-state index contributed by atoms with van der Waals surface area (Å²) in [7, 11) is 0.795. The Morgan fingerprint density at radius 2 is 2.16 bits per heavy atom. The summed E-state index contributed by atoms with van der Waals surface area (Å²) in [5.74, 6) is 1.38. The zero-order valence-electron chi connectivity index (χ0n) is 11.3. The summed E-state index contributed by atoms with van der Waals surface area (Å²) in [6.07, 6.45) is 1.79. The Hall–Kier alpha value is -0.910. The maximum absolute atomic E-state index is 12.3. The minimum Gasteiger partial charge on any atom is -0.496 e. The van der Waals surface area contributed by atoms with Gasteiger partial charge in [0.15, 0.2) is 0 Å². The molecule has 0 amide bonds. The van der Waals surface area contributed by atoms with Gasteiger partial charge in [0.05, 0.1) is 7.11 Å². The molecule has 1 unspecified atom stereocenters. The predicted octanol–water partition coefficient (Wildman–Crippen LogP) is 1.58. The van der Waals surface area contributed by atoms with Crippen LogP contribution in [0.3, 0.4) is 0 Å². The highest BCUT2D eigenvalue weighted by Gasteiger charge is 2.20. The van der Waals surface area contributed by atoms with Crippen LogP contribution in [0.4, 0.5) is 0 Å². The van der Waals surface area contributed by atoms with Crippen LogP contribution >= 0.6 is 0 Å². The van der Waals surface area contributed by atoms with Gasteiger partial charge in [-0.05, 0) is 30.5 Å². The van der Waals surface area contributed by atoms with E-state index in [9.17, 15) is 4.21 Å². The molecule has 0 aliphatic carbocycles. The number of benzene rings is 1. The zero-order chi connectivity index (χ0) is 13.7. The van der Waals surface area contributed by atoms with Gasteiger partial charge in [-0.2, -0.15) is 0 Å². The van der Waals surface area contributed by atoms with Crippen LogP contribution in [-0.2, 0) is 27.8 Å². The fraction of sp³-hybridized carbons (Fsp3) is 0.571. The molecule has 0 saturated carbocycles. The van der Waals surface area contributed by atoms with E-state index >= 15 is 0 Å². The second-order valence-corrected chi connectivity index (χ2v) is 6.40. The molecule has 0 aromatic heterocycles. The fourth-order valence-electron chi connectivity index (χ4n) is 2.30. The molecule has 1 saturated heterocycles. The number of hydrogen-bond donors (Lipinski definition) is 1. The van der Waals surface area contributed by atoms with Gasteiger partial charge in [-0.25, -0.2) is 0 Å². The molecule has 1 atom stereocenters. The monoisotopic (exact) mass is 283 g/mol. The van der Waals surface area contributed by atoms with Gasteiger partial charge >= 0.3 is 0 Å². The van der Waals surface area contributed by atoms with Crippen molar-refractivity contribution < 1.29 is 13.7 Å². The maximum atomic E-state index is 12.3. The van der Waals surface area contributed by atoms with Crippen molar-refractivity contribution in [2.24, 2.45) is 5.73 Å². The first-order valence-electron chi connectivity index (χ1n) is 6.55. The van der Waals surface area contributed by atoms with Crippen molar-refractivity contribution >= 4 is 10.8 Å². The Morgan fingerprint density at radius 1 is 1.42 bits per heavy atom. The molecule has 0 bridgehead atoms. The second kappa shape index (κ2) is 7.03. The number of rotatable bonds is 5. The third-order valence-electron chi connectivity index (χ3n) is 3.41. The number of ether oxygens (including phenoxy) is 2. The van der Waals surface area contributed by atoms with E-state index in [2.05, 4.69) is 0 Å². The third-order valence-corrected chi connectivity index (χ3v) is 5.25. The van der Waals surface area contributed by atoms with E-state index < -0.39 is 10.8 Å². The van der Waals surface area contributed by atoms with Crippen LogP contribution < -0.4 is 10.5 Å². The van der Waals surface area contributed by atoms with E-state index in [0.29, 0.717) is 12.3 Å². The Kier molecular flexibility index (Phi) is 5.36. The average molecular weight is 283 g/mol. The molecule has 1 aliphatic rings. The largest absolute Gasteiger partial charge is 0.496 e. The Labute approximate surface area is 116 Å². The molecule has 1 fully saturated rings. The fourth-order valence-corrected chi connectivity index (χ4v) is 3.76. The minimum atomic E-state index is -0.838. The van der Waals surface area contributed by atoms with Crippen LogP contribution in [0.5, 0.6) is 5.75 Å². The lowest BCUT2D eigenvalue weighted by Crippen LogP contribution is -2.25. The lowest BCUT2D eigenvalue weighted by molar-refractivity contribution is 0.0992. The van der Waals surface area contributed by atoms with Gasteiger partial charge in [-0.15, -0.1) is 0 Å². The van der Waals surface area contributed by atoms with Crippen LogP contribution in [0.1, 0.15) is 24.0 Å². The lowest BCUT2D eigenvalue weighted by atomic mass is 10.1. The van der Waals surface area contributed by atoms with Crippen LogP contribution in [-0.4, -0.2) is 29.8 Å². The average Bonchev–Trinajstić information content (AvgIpc) is 2.48. The van der Waals surface area contributed by atoms with Gasteiger partial charge < -0.3 is 15.2 Å². The van der Waals surface area contributed by atoms with Crippen LogP contribution in [0, 0.1) is 0 Å². The first-order chi connectivity index (χ1) is 9.24. The predicted molar refractivity (Wildman–Crippen MR) is 76.6 cm³/mol. The van der Waals surface area contributed by atoms with Gasteiger partial charge in [0.1, 0.15) is 5.75 Å². The van der Waals surface area contributed by atoms with Crippen molar-refractivity contribution in [2.75, 3.05) is 20.3 Å². The summed E-state index contributed by atoms with van der Waals surface area (Å²) in [6, 6.07) is 5.87. The highest BCUT2D eigenvalue weighted by atomic mass is 32.2. The molecular weight excluding hydrogens is 262 g/mol. The molecule has 19 heavy (non-hydrogen) atoms. The van der Waals surface area contributed by atoms with E-state index in [1.54, 1.807) is 7.11 Å². The van der Waals surface area contributed by atoms with Gasteiger partial charge in [0.25, 0.3) is 0 Å². The molecule has 1 aliphatic heterocycles. The van der Waals surface area contributed by atoms with E-state index in [4.69, 9.17) is 15.2 Å². The van der Waals surface area contributed by atoms with Gasteiger partial charge in [0.2, 0.25) is 0 Å². The second-order valence-electron chi connectivity index (χ2n) is 4.69. The highest BCUT2D eigenvalue weighted by Crippen LogP contribution is 2.22. The standard InChI is InChI=1S/C14H21NO3S/c1-17-14-3-2-11(8-12(14)9-15)10-19(16)13-4-6-18-7-5-13/h2-3,8,13H,4-7,9-10,15H2,1H3. The molecule has 0 spiro atoms. The van der Waals surface area contributed by atoms with E-state index in [0.717, 1.165) is 42.9 Å². The quantitative estimate of drug-likeness (QED) is 0.891. The summed E-state index contributed by atoms with van der Waals surface area (Å²) in [5, 5.41) is 0.261. The van der Waals surface area contributed by atoms with Crippen molar-refractivity contribution in [3.05, 3.63) is 29.3 Å². The summed E-state index contributed by atoms with van der Waals surface area (Å²) < 4.78 is 22.9. The smallest absolute Gasteiger partial charge is 0.123 e. The summed E-state index contributed by atoms with van der Waals surface area (Å²) >= 11 is 0.